The number of nitro groups is 1. The monoisotopic (exact) mass is 263 g/mol. The minimum atomic E-state index is -0.433. The molecule has 0 bridgehead atoms. The highest BCUT2D eigenvalue weighted by molar-refractivity contribution is 5.89. The first-order chi connectivity index (χ1) is 9.06. The molecule has 2 amide bonds. The van der Waals surface area contributed by atoms with Crippen LogP contribution < -0.4 is 10.6 Å². The number of benzene rings is 1. The van der Waals surface area contributed by atoms with Crippen molar-refractivity contribution in [1.82, 2.24) is 5.32 Å². The number of hydrogen-bond acceptors (Lipinski definition) is 3. The van der Waals surface area contributed by atoms with Gasteiger partial charge in [-0.25, -0.2) is 4.79 Å². The number of hydrogen-bond donors (Lipinski definition) is 2. The summed E-state index contributed by atoms with van der Waals surface area (Å²) in [6.07, 6.45) is 4.35. The number of carbonyl (C=O) groups is 1. The number of urea groups is 1. The van der Waals surface area contributed by atoms with Crippen LogP contribution in [0.3, 0.4) is 0 Å². The van der Waals surface area contributed by atoms with Crippen molar-refractivity contribution in [3.05, 3.63) is 33.9 Å². The summed E-state index contributed by atoms with van der Waals surface area (Å²) in [4.78, 5) is 22.0. The summed E-state index contributed by atoms with van der Waals surface area (Å²) >= 11 is 0. The molecule has 1 aromatic carbocycles. The van der Waals surface area contributed by atoms with Gasteiger partial charge in [0.25, 0.3) is 5.69 Å². The lowest BCUT2D eigenvalue weighted by molar-refractivity contribution is -0.385. The van der Waals surface area contributed by atoms with E-state index < -0.39 is 4.92 Å². The standard InChI is InChI=1S/C13H17N3O3/c1-9-8-11(6-7-12(9)16(18)19)15-13(17)14-10-4-2-3-5-10/h6-8,10H,2-5H2,1H3,(H2,14,15,17). The molecule has 0 saturated heterocycles. The molecule has 0 spiro atoms. The first-order valence-electron chi connectivity index (χ1n) is 6.39. The second kappa shape index (κ2) is 5.69. The highest BCUT2D eigenvalue weighted by atomic mass is 16.6. The number of rotatable bonds is 3. The minimum Gasteiger partial charge on any atom is -0.335 e. The summed E-state index contributed by atoms with van der Waals surface area (Å²) in [5.41, 5.74) is 1.16. The fraction of sp³-hybridized carbons (Fsp3) is 0.462. The third kappa shape index (κ3) is 3.43. The number of nitrogens with zero attached hydrogens (tertiary/aromatic N) is 1. The first kappa shape index (κ1) is 13.3. The summed E-state index contributed by atoms with van der Waals surface area (Å²) in [5.74, 6) is 0. The van der Waals surface area contributed by atoms with Crippen LogP contribution in [0.4, 0.5) is 16.2 Å². The van der Waals surface area contributed by atoms with Gasteiger partial charge in [0, 0.05) is 23.4 Å². The van der Waals surface area contributed by atoms with Crippen LogP contribution in [0.5, 0.6) is 0 Å². The largest absolute Gasteiger partial charge is 0.335 e. The number of aryl methyl sites for hydroxylation is 1. The predicted octanol–water partition coefficient (Wildman–Crippen LogP) is 2.97. The summed E-state index contributed by atoms with van der Waals surface area (Å²) in [7, 11) is 0. The lowest BCUT2D eigenvalue weighted by Crippen LogP contribution is -2.36. The van der Waals surface area contributed by atoms with Gasteiger partial charge < -0.3 is 10.6 Å². The quantitative estimate of drug-likeness (QED) is 0.649. The smallest absolute Gasteiger partial charge is 0.319 e. The number of amides is 2. The van der Waals surface area contributed by atoms with Gasteiger partial charge in [-0.15, -0.1) is 0 Å². The third-order valence-electron chi connectivity index (χ3n) is 3.34. The van der Waals surface area contributed by atoms with Gasteiger partial charge in [-0.05, 0) is 31.9 Å². The normalized spacial score (nSPS) is 15.2. The first-order valence-corrected chi connectivity index (χ1v) is 6.39. The van der Waals surface area contributed by atoms with Crippen molar-refractivity contribution >= 4 is 17.4 Å². The molecular weight excluding hydrogens is 246 g/mol. The van der Waals surface area contributed by atoms with Gasteiger partial charge in [-0.3, -0.25) is 10.1 Å². The van der Waals surface area contributed by atoms with Crippen LogP contribution >= 0.6 is 0 Å². The molecule has 6 heteroatoms. The van der Waals surface area contributed by atoms with E-state index in [9.17, 15) is 14.9 Å². The maximum atomic E-state index is 11.7. The van der Waals surface area contributed by atoms with Gasteiger partial charge >= 0.3 is 6.03 Å². The van der Waals surface area contributed by atoms with Crippen molar-refractivity contribution in [3.8, 4) is 0 Å². The summed E-state index contributed by atoms with van der Waals surface area (Å²) < 4.78 is 0. The molecule has 102 valence electrons. The molecule has 19 heavy (non-hydrogen) atoms. The van der Waals surface area contributed by atoms with Crippen LogP contribution in [0.15, 0.2) is 18.2 Å². The van der Waals surface area contributed by atoms with Crippen LogP contribution in [-0.4, -0.2) is 17.0 Å². The predicted molar refractivity (Wildman–Crippen MR) is 72.2 cm³/mol. The van der Waals surface area contributed by atoms with E-state index in [1.54, 1.807) is 19.1 Å². The van der Waals surface area contributed by atoms with Crippen molar-refractivity contribution in [3.63, 3.8) is 0 Å². The summed E-state index contributed by atoms with van der Waals surface area (Å²) in [6, 6.07) is 4.55. The van der Waals surface area contributed by atoms with E-state index in [2.05, 4.69) is 10.6 Å². The molecule has 1 aliphatic carbocycles. The zero-order chi connectivity index (χ0) is 13.8. The van der Waals surface area contributed by atoms with E-state index in [4.69, 9.17) is 0 Å². The lowest BCUT2D eigenvalue weighted by Gasteiger charge is -2.13. The topological polar surface area (TPSA) is 84.3 Å². The average molecular weight is 263 g/mol. The Morgan fingerprint density at radius 2 is 2.05 bits per heavy atom. The van der Waals surface area contributed by atoms with Crippen molar-refractivity contribution in [2.24, 2.45) is 0 Å². The zero-order valence-electron chi connectivity index (χ0n) is 10.8. The Bertz CT molecular complexity index is 496. The molecule has 0 unspecified atom stereocenters. The number of carbonyl (C=O) groups excluding carboxylic acids is 1. The molecule has 2 N–H and O–H groups in total. The van der Waals surface area contributed by atoms with Crippen molar-refractivity contribution in [2.75, 3.05) is 5.32 Å². The lowest BCUT2D eigenvalue weighted by atomic mass is 10.2. The molecule has 1 saturated carbocycles. The van der Waals surface area contributed by atoms with E-state index in [0.29, 0.717) is 11.3 Å². The molecule has 0 aromatic heterocycles. The summed E-state index contributed by atoms with van der Waals surface area (Å²) in [6.45, 7) is 1.65. The van der Waals surface area contributed by atoms with Crippen LogP contribution in [0.2, 0.25) is 0 Å². The van der Waals surface area contributed by atoms with Gasteiger partial charge in [-0.1, -0.05) is 12.8 Å². The maximum absolute atomic E-state index is 11.7. The Kier molecular flexibility index (Phi) is 3.99. The van der Waals surface area contributed by atoms with Crippen LogP contribution in [0, 0.1) is 17.0 Å². The molecule has 6 nitrogen and oxygen atoms in total. The highest BCUT2D eigenvalue weighted by Crippen LogP contribution is 2.22. The average Bonchev–Trinajstić information content (AvgIpc) is 2.81. The minimum absolute atomic E-state index is 0.0572. The maximum Gasteiger partial charge on any atom is 0.319 e. The fourth-order valence-electron chi connectivity index (χ4n) is 2.36. The second-order valence-corrected chi connectivity index (χ2v) is 4.84. The van der Waals surface area contributed by atoms with E-state index in [0.717, 1.165) is 25.7 Å². The van der Waals surface area contributed by atoms with Gasteiger partial charge in [0.2, 0.25) is 0 Å². The number of nitro benzene ring substituents is 1. The molecule has 1 aromatic rings. The molecule has 1 fully saturated rings. The molecule has 1 aliphatic rings. The molecule has 0 heterocycles. The summed E-state index contributed by atoms with van der Waals surface area (Å²) in [5, 5.41) is 16.3. The van der Waals surface area contributed by atoms with Crippen molar-refractivity contribution in [2.45, 2.75) is 38.6 Å². The van der Waals surface area contributed by atoms with E-state index in [1.165, 1.54) is 6.07 Å². The number of nitrogens with one attached hydrogen (secondary N) is 2. The van der Waals surface area contributed by atoms with E-state index in [1.807, 2.05) is 0 Å². The zero-order valence-corrected chi connectivity index (χ0v) is 10.8. The van der Waals surface area contributed by atoms with Gasteiger partial charge in [0.15, 0.2) is 0 Å². The van der Waals surface area contributed by atoms with Gasteiger partial charge in [-0.2, -0.15) is 0 Å². The van der Waals surface area contributed by atoms with Crippen LogP contribution in [0.1, 0.15) is 31.2 Å². The Morgan fingerprint density at radius 3 is 2.63 bits per heavy atom. The second-order valence-electron chi connectivity index (χ2n) is 4.84. The molecular formula is C13H17N3O3. The SMILES string of the molecule is Cc1cc(NC(=O)NC2CCCC2)ccc1[N+](=O)[O-]. The molecule has 0 atom stereocenters. The Morgan fingerprint density at radius 1 is 1.37 bits per heavy atom. The molecule has 0 radical (unpaired) electrons. The Labute approximate surface area is 111 Å². The van der Waals surface area contributed by atoms with Gasteiger partial charge in [0.1, 0.15) is 0 Å². The number of anilines is 1. The molecule has 0 aliphatic heterocycles. The Balaban J connectivity index is 1.96. The molecule has 2 rings (SSSR count). The van der Waals surface area contributed by atoms with Gasteiger partial charge in [0.05, 0.1) is 4.92 Å². The third-order valence-corrected chi connectivity index (χ3v) is 3.34. The van der Waals surface area contributed by atoms with E-state index in [-0.39, 0.29) is 17.8 Å². The van der Waals surface area contributed by atoms with Crippen LogP contribution in [-0.2, 0) is 0 Å². The van der Waals surface area contributed by atoms with Crippen molar-refractivity contribution < 1.29 is 9.72 Å². The fourth-order valence-corrected chi connectivity index (χ4v) is 2.36. The van der Waals surface area contributed by atoms with E-state index >= 15 is 0 Å². The van der Waals surface area contributed by atoms with Crippen molar-refractivity contribution in [1.29, 1.82) is 0 Å². The highest BCUT2D eigenvalue weighted by Gasteiger charge is 2.17. The van der Waals surface area contributed by atoms with Crippen LogP contribution in [0.25, 0.3) is 0 Å². The Hall–Kier alpha value is -2.11.